The molecule has 0 amide bonds. The highest BCUT2D eigenvalue weighted by Crippen LogP contribution is 2.29. The van der Waals surface area contributed by atoms with Crippen molar-refractivity contribution < 1.29 is 9.47 Å². The molecule has 0 spiro atoms. The molecule has 0 aliphatic carbocycles. The number of rotatable bonds is 2. The molecule has 1 aliphatic heterocycles. The summed E-state index contributed by atoms with van der Waals surface area (Å²) in [6, 6.07) is 0. The molecular weight excluding hydrogens is 164 g/mol. The lowest BCUT2D eigenvalue weighted by Gasteiger charge is -2.40. The fourth-order valence-corrected chi connectivity index (χ4v) is 1.89. The normalized spacial score (nSPS) is 33.7. The molecule has 1 heterocycles. The predicted molar refractivity (Wildman–Crippen MR) is 53.3 cm³/mol. The predicted octanol–water partition coefficient (Wildman–Crippen LogP) is 2.78. The molecule has 0 bridgehead atoms. The molecule has 0 N–H and O–H groups in total. The molecule has 1 radical (unpaired) electrons. The van der Waals surface area contributed by atoms with Gasteiger partial charge in [-0.15, -0.1) is 0 Å². The Morgan fingerprint density at radius 1 is 1.38 bits per heavy atom. The van der Waals surface area contributed by atoms with Gasteiger partial charge in [-0.05, 0) is 33.1 Å². The number of hydrogen-bond acceptors (Lipinski definition) is 2. The monoisotopic (exact) mass is 185 g/mol. The van der Waals surface area contributed by atoms with E-state index >= 15 is 0 Å². The van der Waals surface area contributed by atoms with Crippen molar-refractivity contribution in [3.05, 3.63) is 6.92 Å². The molecule has 2 nitrogen and oxygen atoms in total. The van der Waals surface area contributed by atoms with Crippen molar-refractivity contribution in [1.29, 1.82) is 0 Å². The van der Waals surface area contributed by atoms with Crippen LogP contribution in [0.15, 0.2) is 0 Å². The van der Waals surface area contributed by atoms with E-state index in [-0.39, 0.29) is 6.10 Å². The molecule has 0 saturated carbocycles. The van der Waals surface area contributed by atoms with Gasteiger partial charge in [-0.1, -0.05) is 13.8 Å². The quantitative estimate of drug-likeness (QED) is 0.658. The lowest BCUT2D eigenvalue weighted by Crippen LogP contribution is -2.44. The van der Waals surface area contributed by atoms with E-state index in [0.717, 1.165) is 12.8 Å². The number of ether oxygens (including phenoxy) is 2. The minimum atomic E-state index is -0.454. The van der Waals surface area contributed by atoms with Gasteiger partial charge in [0.05, 0.1) is 12.2 Å². The minimum absolute atomic E-state index is 0.0764. The van der Waals surface area contributed by atoms with Crippen molar-refractivity contribution in [2.75, 3.05) is 0 Å². The first kappa shape index (κ1) is 11.0. The molecule has 0 aromatic heterocycles. The Labute approximate surface area is 81.6 Å². The summed E-state index contributed by atoms with van der Waals surface area (Å²) >= 11 is 0. The van der Waals surface area contributed by atoms with Gasteiger partial charge in [-0.2, -0.15) is 0 Å². The minimum Gasteiger partial charge on any atom is -0.347 e. The van der Waals surface area contributed by atoms with Crippen molar-refractivity contribution in [2.24, 2.45) is 5.92 Å². The standard InChI is InChI=1S/C11H21O2/c1-8(2)6-10-7-9(3)12-11(4,5)13-10/h8-10H,3,6-7H2,1-2,4-5H3/t9-,10+/m1/s1. The molecule has 77 valence electrons. The van der Waals surface area contributed by atoms with Gasteiger partial charge >= 0.3 is 0 Å². The van der Waals surface area contributed by atoms with Gasteiger partial charge in [-0.3, -0.25) is 0 Å². The zero-order chi connectivity index (χ0) is 10.1. The van der Waals surface area contributed by atoms with Crippen LogP contribution in [-0.2, 0) is 9.47 Å². The van der Waals surface area contributed by atoms with Crippen LogP contribution in [0.2, 0.25) is 0 Å². The Balaban J connectivity index is 2.48. The maximum atomic E-state index is 5.79. The molecule has 1 saturated heterocycles. The van der Waals surface area contributed by atoms with Crippen LogP contribution in [0.1, 0.15) is 40.5 Å². The second-order valence-corrected chi connectivity index (χ2v) is 4.74. The van der Waals surface area contributed by atoms with Crippen molar-refractivity contribution >= 4 is 0 Å². The molecule has 13 heavy (non-hydrogen) atoms. The Kier molecular flexibility index (Phi) is 3.36. The Morgan fingerprint density at radius 2 is 2.00 bits per heavy atom. The van der Waals surface area contributed by atoms with E-state index < -0.39 is 5.79 Å². The largest absolute Gasteiger partial charge is 0.347 e. The maximum absolute atomic E-state index is 5.79. The van der Waals surface area contributed by atoms with E-state index in [0.29, 0.717) is 12.0 Å². The van der Waals surface area contributed by atoms with Crippen LogP contribution in [0.5, 0.6) is 0 Å². The third-order valence-corrected chi connectivity index (χ3v) is 2.16. The van der Waals surface area contributed by atoms with E-state index in [1.54, 1.807) is 0 Å². The molecule has 1 rings (SSSR count). The van der Waals surface area contributed by atoms with Gasteiger partial charge in [0.2, 0.25) is 0 Å². The summed E-state index contributed by atoms with van der Waals surface area (Å²) in [6.45, 7) is 12.3. The fraction of sp³-hybridized carbons (Fsp3) is 0.909. The second-order valence-electron chi connectivity index (χ2n) is 4.74. The van der Waals surface area contributed by atoms with Crippen molar-refractivity contribution in [3.63, 3.8) is 0 Å². The maximum Gasteiger partial charge on any atom is 0.163 e. The first-order valence-corrected chi connectivity index (χ1v) is 5.08. The molecule has 0 unspecified atom stereocenters. The van der Waals surface area contributed by atoms with Gasteiger partial charge in [0, 0.05) is 6.42 Å². The summed E-state index contributed by atoms with van der Waals surface area (Å²) in [4.78, 5) is 0. The van der Waals surface area contributed by atoms with Gasteiger partial charge in [0.25, 0.3) is 0 Å². The average molecular weight is 185 g/mol. The summed E-state index contributed by atoms with van der Waals surface area (Å²) < 4.78 is 11.3. The third kappa shape index (κ3) is 3.65. The van der Waals surface area contributed by atoms with E-state index in [4.69, 9.17) is 9.47 Å². The van der Waals surface area contributed by atoms with Crippen LogP contribution in [0, 0.1) is 12.8 Å². The average Bonchev–Trinajstić information content (AvgIpc) is 1.78. The molecule has 0 aromatic carbocycles. The smallest absolute Gasteiger partial charge is 0.163 e. The van der Waals surface area contributed by atoms with E-state index in [2.05, 4.69) is 20.8 Å². The van der Waals surface area contributed by atoms with Crippen LogP contribution in [-0.4, -0.2) is 18.0 Å². The van der Waals surface area contributed by atoms with Crippen LogP contribution < -0.4 is 0 Å². The van der Waals surface area contributed by atoms with Gasteiger partial charge in [0.15, 0.2) is 5.79 Å². The van der Waals surface area contributed by atoms with Crippen LogP contribution in [0.3, 0.4) is 0 Å². The van der Waals surface area contributed by atoms with Crippen molar-refractivity contribution in [2.45, 2.75) is 58.5 Å². The van der Waals surface area contributed by atoms with E-state index in [9.17, 15) is 0 Å². The summed E-state index contributed by atoms with van der Waals surface area (Å²) in [6.07, 6.45) is 2.40. The SMILES string of the molecule is [CH2][C@@H]1C[C@H](CC(C)C)OC(C)(C)O1. The van der Waals surface area contributed by atoms with Gasteiger partial charge in [0.1, 0.15) is 0 Å². The van der Waals surface area contributed by atoms with E-state index in [1.807, 2.05) is 13.8 Å². The Morgan fingerprint density at radius 3 is 2.46 bits per heavy atom. The van der Waals surface area contributed by atoms with Gasteiger partial charge < -0.3 is 9.47 Å². The van der Waals surface area contributed by atoms with Crippen molar-refractivity contribution in [1.82, 2.24) is 0 Å². The second kappa shape index (κ2) is 3.97. The van der Waals surface area contributed by atoms with Gasteiger partial charge in [-0.25, -0.2) is 0 Å². The van der Waals surface area contributed by atoms with Crippen LogP contribution in [0.25, 0.3) is 0 Å². The van der Waals surface area contributed by atoms with Crippen molar-refractivity contribution in [3.8, 4) is 0 Å². The summed E-state index contributed by atoms with van der Waals surface area (Å²) in [5.74, 6) is 0.218. The third-order valence-electron chi connectivity index (χ3n) is 2.16. The molecular formula is C11H21O2. The Hall–Kier alpha value is -0.0800. The number of hydrogen-bond donors (Lipinski definition) is 0. The van der Waals surface area contributed by atoms with Crippen LogP contribution in [0.4, 0.5) is 0 Å². The zero-order valence-corrected chi connectivity index (χ0v) is 9.17. The fourth-order valence-electron chi connectivity index (χ4n) is 1.89. The summed E-state index contributed by atoms with van der Waals surface area (Å²) in [5.41, 5.74) is 0. The molecule has 2 atom stereocenters. The highest BCUT2D eigenvalue weighted by molar-refractivity contribution is 4.78. The highest BCUT2D eigenvalue weighted by atomic mass is 16.7. The molecule has 2 heteroatoms. The Bertz CT molecular complexity index is 161. The zero-order valence-electron chi connectivity index (χ0n) is 9.17. The highest BCUT2D eigenvalue weighted by Gasteiger charge is 2.33. The summed E-state index contributed by atoms with van der Waals surface area (Å²) in [7, 11) is 0. The molecule has 0 aromatic rings. The first-order valence-electron chi connectivity index (χ1n) is 5.08. The topological polar surface area (TPSA) is 18.5 Å². The summed E-state index contributed by atoms with van der Waals surface area (Å²) in [5, 5.41) is 0. The van der Waals surface area contributed by atoms with Crippen LogP contribution >= 0.6 is 0 Å². The molecule has 1 aliphatic rings. The molecule has 1 fully saturated rings. The van der Waals surface area contributed by atoms with E-state index in [1.165, 1.54) is 0 Å². The lowest BCUT2D eigenvalue weighted by molar-refractivity contribution is -0.292. The first-order chi connectivity index (χ1) is 5.89. The lowest BCUT2D eigenvalue weighted by atomic mass is 10.00.